The average molecular weight is 345 g/mol. The van der Waals surface area contributed by atoms with E-state index < -0.39 is 0 Å². The van der Waals surface area contributed by atoms with Crippen molar-refractivity contribution in [2.24, 2.45) is 7.05 Å². The van der Waals surface area contributed by atoms with Crippen LogP contribution >= 0.6 is 0 Å². The predicted molar refractivity (Wildman–Crippen MR) is 101 cm³/mol. The third kappa shape index (κ3) is 2.72. The van der Waals surface area contributed by atoms with E-state index in [0.29, 0.717) is 11.7 Å². The van der Waals surface area contributed by atoms with E-state index in [1.165, 1.54) is 0 Å². The van der Waals surface area contributed by atoms with Crippen molar-refractivity contribution in [2.45, 2.75) is 25.8 Å². The van der Waals surface area contributed by atoms with E-state index in [9.17, 15) is 10.1 Å². The van der Waals surface area contributed by atoms with Crippen LogP contribution in [0, 0.1) is 11.3 Å². The largest absolute Gasteiger partial charge is 0.366 e. The van der Waals surface area contributed by atoms with Gasteiger partial charge in [0.1, 0.15) is 6.07 Å². The zero-order valence-electron chi connectivity index (χ0n) is 14.8. The molecule has 1 fully saturated rings. The van der Waals surface area contributed by atoms with Crippen LogP contribution in [0.5, 0.6) is 0 Å². The lowest BCUT2D eigenvalue weighted by Gasteiger charge is -2.24. The van der Waals surface area contributed by atoms with Crippen LogP contribution in [0.15, 0.2) is 41.3 Å². The number of nitriles is 1. The van der Waals surface area contributed by atoms with E-state index in [-0.39, 0.29) is 5.56 Å². The fraction of sp³-hybridized carbons (Fsp3) is 0.300. The molecule has 1 saturated carbocycles. The SMILES string of the molecule is CCN(c1c(C#N)nnc2cc(-c3ccc(=O)n(C)c3)ccc12)C1CC1. The van der Waals surface area contributed by atoms with Crippen molar-refractivity contribution in [3.05, 3.63) is 52.6 Å². The maximum absolute atomic E-state index is 11.6. The molecule has 0 saturated heterocycles. The highest BCUT2D eigenvalue weighted by atomic mass is 16.1. The maximum Gasteiger partial charge on any atom is 0.250 e. The Morgan fingerprint density at radius 1 is 1.23 bits per heavy atom. The lowest BCUT2D eigenvalue weighted by molar-refractivity contribution is 0.821. The standard InChI is InChI=1S/C20H19N5O/c1-3-25(15-6-7-15)20-16-8-4-13(10-17(16)22-23-18(20)11-21)14-5-9-19(26)24(2)12-14/h4-5,8-10,12,15H,3,6-7H2,1-2H3. The molecule has 0 unspecified atom stereocenters. The van der Waals surface area contributed by atoms with Gasteiger partial charge in [0.25, 0.3) is 0 Å². The van der Waals surface area contributed by atoms with Gasteiger partial charge in [-0.1, -0.05) is 6.07 Å². The van der Waals surface area contributed by atoms with Crippen molar-refractivity contribution in [1.82, 2.24) is 14.8 Å². The second kappa shape index (κ2) is 6.26. The predicted octanol–water partition coefficient (Wildman–Crippen LogP) is 2.86. The molecule has 2 heterocycles. The summed E-state index contributed by atoms with van der Waals surface area (Å²) < 4.78 is 1.56. The van der Waals surface area contributed by atoms with Gasteiger partial charge in [0.15, 0.2) is 5.69 Å². The smallest absolute Gasteiger partial charge is 0.250 e. The first-order chi connectivity index (χ1) is 12.6. The Morgan fingerprint density at radius 3 is 2.65 bits per heavy atom. The van der Waals surface area contributed by atoms with Crippen molar-refractivity contribution in [3.8, 4) is 17.2 Å². The second-order valence-corrected chi connectivity index (χ2v) is 6.63. The van der Waals surface area contributed by atoms with Crippen molar-refractivity contribution in [2.75, 3.05) is 11.4 Å². The van der Waals surface area contributed by atoms with Crippen LogP contribution in [0.4, 0.5) is 5.69 Å². The Balaban J connectivity index is 1.88. The van der Waals surface area contributed by atoms with Gasteiger partial charge in [-0.2, -0.15) is 5.26 Å². The van der Waals surface area contributed by atoms with Gasteiger partial charge in [-0.05, 0) is 49.1 Å². The topological polar surface area (TPSA) is 74.8 Å². The molecule has 0 aliphatic heterocycles. The van der Waals surface area contributed by atoms with Gasteiger partial charge >= 0.3 is 0 Å². The molecule has 26 heavy (non-hydrogen) atoms. The van der Waals surface area contributed by atoms with Crippen molar-refractivity contribution in [1.29, 1.82) is 5.26 Å². The molecular weight excluding hydrogens is 326 g/mol. The summed E-state index contributed by atoms with van der Waals surface area (Å²) >= 11 is 0. The Labute approximate surface area is 151 Å². The number of aryl methyl sites for hydroxylation is 1. The molecule has 0 atom stereocenters. The minimum absolute atomic E-state index is 0.0432. The Hall–Kier alpha value is -3.20. The molecule has 0 spiro atoms. The number of benzene rings is 1. The third-order valence-electron chi connectivity index (χ3n) is 4.88. The van der Waals surface area contributed by atoms with Crippen LogP contribution in [-0.4, -0.2) is 27.4 Å². The lowest BCUT2D eigenvalue weighted by atomic mass is 10.0. The highest BCUT2D eigenvalue weighted by molar-refractivity contribution is 5.96. The van der Waals surface area contributed by atoms with E-state index in [1.54, 1.807) is 17.7 Å². The second-order valence-electron chi connectivity index (χ2n) is 6.63. The highest BCUT2D eigenvalue weighted by Crippen LogP contribution is 2.37. The normalized spacial score (nSPS) is 13.6. The van der Waals surface area contributed by atoms with Gasteiger partial charge < -0.3 is 9.47 Å². The molecule has 0 amide bonds. The molecule has 1 aromatic carbocycles. The molecule has 130 valence electrons. The summed E-state index contributed by atoms with van der Waals surface area (Å²) in [5.74, 6) is 0. The van der Waals surface area contributed by atoms with Crippen molar-refractivity contribution < 1.29 is 0 Å². The number of aromatic nitrogens is 3. The summed E-state index contributed by atoms with van der Waals surface area (Å²) in [5.41, 5.74) is 3.88. The van der Waals surface area contributed by atoms with Crippen LogP contribution < -0.4 is 10.5 Å². The molecule has 4 rings (SSSR count). The molecule has 2 aromatic heterocycles. The summed E-state index contributed by atoms with van der Waals surface area (Å²) in [4.78, 5) is 13.9. The minimum atomic E-state index is -0.0432. The van der Waals surface area contributed by atoms with Crippen LogP contribution in [0.2, 0.25) is 0 Å². The molecule has 0 bridgehead atoms. The summed E-state index contributed by atoms with van der Waals surface area (Å²) in [7, 11) is 1.73. The van der Waals surface area contributed by atoms with Gasteiger partial charge in [0.2, 0.25) is 5.56 Å². The van der Waals surface area contributed by atoms with Crippen LogP contribution in [0.1, 0.15) is 25.5 Å². The zero-order chi connectivity index (χ0) is 18.3. The number of anilines is 1. The first-order valence-corrected chi connectivity index (χ1v) is 8.76. The van der Waals surface area contributed by atoms with Gasteiger partial charge in [-0.15, -0.1) is 10.2 Å². The average Bonchev–Trinajstić information content (AvgIpc) is 3.49. The molecule has 3 aromatic rings. The Morgan fingerprint density at radius 2 is 2.00 bits per heavy atom. The molecular formula is C20H19N5O. The van der Waals surface area contributed by atoms with E-state index in [0.717, 1.165) is 47.1 Å². The molecule has 1 aliphatic carbocycles. The molecule has 6 nitrogen and oxygen atoms in total. The van der Waals surface area contributed by atoms with Gasteiger partial charge in [0, 0.05) is 37.3 Å². The fourth-order valence-electron chi connectivity index (χ4n) is 3.39. The first-order valence-electron chi connectivity index (χ1n) is 8.76. The summed E-state index contributed by atoms with van der Waals surface area (Å²) in [6.07, 6.45) is 4.11. The number of hydrogen-bond acceptors (Lipinski definition) is 5. The number of rotatable bonds is 4. The molecule has 1 aliphatic rings. The van der Waals surface area contributed by atoms with Crippen LogP contribution in [-0.2, 0) is 7.05 Å². The summed E-state index contributed by atoms with van der Waals surface area (Å²) in [6.45, 7) is 2.94. The maximum atomic E-state index is 11.6. The van der Waals surface area contributed by atoms with Crippen molar-refractivity contribution in [3.63, 3.8) is 0 Å². The number of fused-ring (bicyclic) bond motifs is 1. The quantitative estimate of drug-likeness (QED) is 0.727. The molecule has 0 radical (unpaired) electrons. The fourth-order valence-corrected chi connectivity index (χ4v) is 3.39. The third-order valence-corrected chi connectivity index (χ3v) is 4.88. The number of hydrogen-bond donors (Lipinski definition) is 0. The molecule has 6 heteroatoms. The monoisotopic (exact) mass is 345 g/mol. The van der Waals surface area contributed by atoms with Gasteiger partial charge in [0.05, 0.1) is 11.2 Å². The lowest BCUT2D eigenvalue weighted by Crippen LogP contribution is -2.26. The number of pyridine rings is 1. The Bertz CT molecular complexity index is 1090. The van der Waals surface area contributed by atoms with Crippen LogP contribution in [0.3, 0.4) is 0 Å². The summed E-state index contributed by atoms with van der Waals surface area (Å²) in [6, 6.07) is 12.0. The molecule has 0 N–H and O–H groups in total. The highest BCUT2D eigenvalue weighted by Gasteiger charge is 2.31. The van der Waals surface area contributed by atoms with E-state index >= 15 is 0 Å². The first kappa shape index (κ1) is 16.3. The minimum Gasteiger partial charge on any atom is -0.366 e. The van der Waals surface area contributed by atoms with Gasteiger partial charge in [-0.25, -0.2) is 0 Å². The number of nitrogens with zero attached hydrogens (tertiary/aromatic N) is 5. The zero-order valence-corrected chi connectivity index (χ0v) is 14.8. The van der Waals surface area contributed by atoms with Gasteiger partial charge in [-0.3, -0.25) is 4.79 Å². The summed E-state index contributed by atoms with van der Waals surface area (Å²) in [5, 5.41) is 18.9. The van der Waals surface area contributed by atoms with Crippen LogP contribution in [0.25, 0.3) is 22.0 Å². The Kier molecular flexibility index (Phi) is 3.92. The van der Waals surface area contributed by atoms with E-state index in [1.807, 2.05) is 30.5 Å². The van der Waals surface area contributed by atoms with Crippen molar-refractivity contribution >= 4 is 16.6 Å². The van der Waals surface area contributed by atoms with E-state index in [4.69, 9.17) is 0 Å². The van der Waals surface area contributed by atoms with E-state index in [2.05, 4.69) is 28.1 Å².